The molecule has 0 aromatic carbocycles. The second-order valence-electron chi connectivity index (χ2n) is 5.50. The molecule has 1 aliphatic rings. The Morgan fingerprint density at radius 3 is 2.87 bits per heavy atom. The molecule has 1 aliphatic heterocycles. The second-order valence-corrected chi connectivity index (χ2v) is 6.36. The molecule has 0 aliphatic carbocycles. The number of carbonyl (C=O) groups is 2. The molecule has 0 atom stereocenters. The zero-order chi connectivity index (χ0) is 16.7. The van der Waals surface area contributed by atoms with Gasteiger partial charge in [0, 0.05) is 31.2 Å². The number of aromatic nitrogens is 1. The number of urea groups is 1. The average molecular weight is 341 g/mol. The number of nitrogens with zero attached hydrogens (tertiary/aromatic N) is 2. The maximum atomic E-state index is 12.5. The van der Waals surface area contributed by atoms with Crippen LogP contribution in [0.2, 0.25) is 0 Å². The SMILES string of the molecule is CCCc1csc(NC(=O)N(CCC(=O)O)C2CCOCC2)n1. The maximum absolute atomic E-state index is 12.5. The van der Waals surface area contributed by atoms with Crippen molar-refractivity contribution in [3.63, 3.8) is 0 Å². The highest BCUT2D eigenvalue weighted by molar-refractivity contribution is 7.13. The predicted octanol–water partition coefficient (Wildman–Crippen LogP) is 2.58. The molecule has 0 bridgehead atoms. The predicted molar refractivity (Wildman–Crippen MR) is 87.9 cm³/mol. The first kappa shape index (κ1) is 17.7. The summed E-state index contributed by atoms with van der Waals surface area (Å²) in [6, 6.07) is -0.270. The van der Waals surface area contributed by atoms with Crippen LogP contribution in [0.25, 0.3) is 0 Å². The van der Waals surface area contributed by atoms with Crippen molar-refractivity contribution in [1.82, 2.24) is 9.88 Å². The first-order chi connectivity index (χ1) is 11.1. The number of aliphatic carboxylic acids is 1. The highest BCUT2D eigenvalue weighted by Gasteiger charge is 2.26. The summed E-state index contributed by atoms with van der Waals surface area (Å²) in [7, 11) is 0. The molecule has 2 amide bonds. The van der Waals surface area contributed by atoms with Crippen LogP contribution >= 0.6 is 11.3 Å². The van der Waals surface area contributed by atoms with Crippen LogP contribution < -0.4 is 5.32 Å². The molecule has 1 saturated heterocycles. The van der Waals surface area contributed by atoms with Crippen molar-refractivity contribution < 1.29 is 19.4 Å². The van der Waals surface area contributed by atoms with E-state index in [1.165, 1.54) is 11.3 Å². The smallest absolute Gasteiger partial charge is 0.323 e. The quantitative estimate of drug-likeness (QED) is 0.795. The highest BCUT2D eigenvalue weighted by Crippen LogP contribution is 2.20. The number of amides is 2. The first-order valence-corrected chi connectivity index (χ1v) is 8.79. The fourth-order valence-corrected chi connectivity index (χ4v) is 3.30. The molecule has 1 fully saturated rings. The number of aryl methyl sites for hydroxylation is 1. The number of carboxylic acid groups (broad SMARTS) is 1. The molecule has 2 heterocycles. The Kier molecular flexibility index (Phi) is 6.79. The summed E-state index contributed by atoms with van der Waals surface area (Å²) in [6.45, 7) is 3.47. The molecule has 7 nitrogen and oxygen atoms in total. The summed E-state index contributed by atoms with van der Waals surface area (Å²) in [6.07, 6.45) is 3.28. The van der Waals surface area contributed by atoms with E-state index in [0.717, 1.165) is 31.4 Å². The number of carbonyl (C=O) groups excluding carboxylic acids is 1. The fourth-order valence-electron chi connectivity index (χ4n) is 2.56. The van der Waals surface area contributed by atoms with E-state index in [1.54, 1.807) is 4.90 Å². The van der Waals surface area contributed by atoms with Crippen LogP contribution in [0.3, 0.4) is 0 Å². The number of ether oxygens (including phenoxy) is 1. The van der Waals surface area contributed by atoms with Crippen molar-refractivity contribution in [2.24, 2.45) is 0 Å². The van der Waals surface area contributed by atoms with Crippen molar-refractivity contribution in [1.29, 1.82) is 0 Å². The van der Waals surface area contributed by atoms with Crippen LogP contribution in [0.4, 0.5) is 9.93 Å². The molecule has 2 N–H and O–H groups in total. The molecule has 1 aromatic heterocycles. The van der Waals surface area contributed by atoms with Gasteiger partial charge >= 0.3 is 12.0 Å². The van der Waals surface area contributed by atoms with E-state index in [9.17, 15) is 9.59 Å². The number of hydrogen-bond donors (Lipinski definition) is 2. The van der Waals surface area contributed by atoms with Gasteiger partial charge in [0.1, 0.15) is 0 Å². The van der Waals surface area contributed by atoms with Gasteiger partial charge in [0.25, 0.3) is 0 Å². The minimum atomic E-state index is -0.908. The molecule has 128 valence electrons. The maximum Gasteiger partial charge on any atom is 0.323 e. The third-order valence-electron chi connectivity index (χ3n) is 3.73. The van der Waals surface area contributed by atoms with Crippen LogP contribution in [-0.4, -0.2) is 52.8 Å². The Bertz CT molecular complexity index is 529. The standard InChI is InChI=1S/C15H23N3O4S/c1-2-3-11-10-23-14(16-11)17-15(21)18(7-4-13(19)20)12-5-8-22-9-6-12/h10,12H,2-9H2,1H3,(H,19,20)(H,16,17,21). The normalized spacial score (nSPS) is 15.3. The third-order valence-corrected chi connectivity index (χ3v) is 4.54. The van der Waals surface area contributed by atoms with Crippen molar-refractivity contribution in [3.05, 3.63) is 11.1 Å². The van der Waals surface area contributed by atoms with Crippen molar-refractivity contribution in [2.45, 2.75) is 45.1 Å². The van der Waals surface area contributed by atoms with E-state index >= 15 is 0 Å². The Labute approximate surface area is 139 Å². The summed E-state index contributed by atoms with van der Waals surface area (Å²) in [5.41, 5.74) is 0.968. The number of anilines is 1. The van der Waals surface area contributed by atoms with E-state index in [-0.39, 0.29) is 25.0 Å². The molecule has 0 spiro atoms. The lowest BCUT2D eigenvalue weighted by molar-refractivity contribution is -0.137. The van der Waals surface area contributed by atoms with Crippen LogP contribution in [0.15, 0.2) is 5.38 Å². The Hall–Kier alpha value is -1.67. The number of rotatable bonds is 7. The molecular weight excluding hydrogens is 318 g/mol. The highest BCUT2D eigenvalue weighted by atomic mass is 32.1. The van der Waals surface area contributed by atoms with Gasteiger partial charge in [-0.3, -0.25) is 10.1 Å². The van der Waals surface area contributed by atoms with Gasteiger partial charge in [-0.15, -0.1) is 11.3 Å². The van der Waals surface area contributed by atoms with Gasteiger partial charge in [-0.1, -0.05) is 13.3 Å². The van der Waals surface area contributed by atoms with Gasteiger partial charge in [-0.25, -0.2) is 9.78 Å². The lowest BCUT2D eigenvalue weighted by atomic mass is 10.1. The summed E-state index contributed by atoms with van der Waals surface area (Å²) in [5, 5.41) is 14.2. The van der Waals surface area contributed by atoms with Gasteiger partial charge < -0.3 is 14.7 Å². The monoisotopic (exact) mass is 341 g/mol. The van der Waals surface area contributed by atoms with E-state index in [1.807, 2.05) is 5.38 Å². The minimum absolute atomic E-state index is 0.0122. The third kappa shape index (κ3) is 5.47. The van der Waals surface area contributed by atoms with Crippen molar-refractivity contribution in [3.8, 4) is 0 Å². The molecular formula is C15H23N3O4S. The first-order valence-electron chi connectivity index (χ1n) is 7.91. The topological polar surface area (TPSA) is 91.8 Å². The molecule has 0 radical (unpaired) electrons. The molecule has 0 unspecified atom stereocenters. The average Bonchev–Trinajstić information content (AvgIpc) is 2.96. The van der Waals surface area contributed by atoms with E-state index in [0.29, 0.717) is 18.3 Å². The number of hydrogen-bond acceptors (Lipinski definition) is 5. The van der Waals surface area contributed by atoms with Crippen molar-refractivity contribution in [2.75, 3.05) is 25.1 Å². The lowest BCUT2D eigenvalue weighted by Gasteiger charge is -2.33. The summed E-state index contributed by atoms with van der Waals surface area (Å²) in [4.78, 5) is 29.4. The molecule has 0 saturated carbocycles. The number of nitrogens with one attached hydrogen (secondary N) is 1. The lowest BCUT2D eigenvalue weighted by Crippen LogP contribution is -2.46. The van der Waals surface area contributed by atoms with Gasteiger partial charge in [0.2, 0.25) is 0 Å². The zero-order valence-electron chi connectivity index (χ0n) is 13.3. The van der Waals surface area contributed by atoms with E-state index in [2.05, 4.69) is 17.2 Å². The molecule has 23 heavy (non-hydrogen) atoms. The van der Waals surface area contributed by atoms with Crippen LogP contribution in [0.1, 0.15) is 38.3 Å². The largest absolute Gasteiger partial charge is 0.481 e. The van der Waals surface area contributed by atoms with Gasteiger partial charge in [0.05, 0.1) is 12.1 Å². The van der Waals surface area contributed by atoms with Crippen LogP contribution in [0, 0.1) is 0 Å². The van der Waals surface area contributed by atoms with Crippen molar-refractivity contribution >= 4 is 28.5 Å². The number of carboxylic acids is 1. The molecule has 8 heteroatoms. The Morgan fingerprint density at radius 2 is 2.22 bits per heavy atom. The fraction of sp³-hybridized carbons (Fsp3) is 0.667. The van der Waals surface area contributed by atoms with Gasteiger partial charge in [0.15, 0.2) is 5.13 Å². The van der Waals surface area contributed by atoms with Crippen LogP contribution in [-0.2, 0) is 16.0 Å². The van der Waals surface area contributed by atoms with Gasteiger partial charge in [-0.2, -0.15) is 0 Å². The summed E-state index contributed by atoms with van der Waals surface area (Å²) >= 11 is 1.40. The second kappa shape index (κ2) is 8.83. The van der Waals surface area contributed by atoms with E-state index < -0.39 is 5.97 Å². The Balaban J connectivity index is 2.00. The summed E-state index contributed by atoms with van der Waals surface area (Å²) < 4.78 is 5.32. The molecule has 2 rings (SSSR count). The zero-order valence-corrected chi connectivity index (χ0v) is 14.1. The van der Waals surface area contributed by atoms with Gasteiger partial charge in [-0.05, 0) is 19.3 Å². The summed E-state index contributed by atoms with van der Waals surface area (Å²) in [5.74, 6) is -0.908. The van der Waals surface area contributed by atoms with Crippen LogP contribution in [0.5, 0.6) is 0 Å². The minimum Gasteiger partial charge on any atom is -0.481 e. The molecule has 1 aromatic rings. The Morgan fingerprint density at radius 1 is 1.48 bits per heavy atom. The van der Waals surface area contributed by atoms with E-state index in [4.69, 9.17) is 9.84 Å². The number of thiazole rings is 1.